The summed E-state index contributed by atoms with van der Waals surface area (Å²) in [4.78, 5) is 13.0. The molecule has 3 rings (SSSR count). The van der Waals surface area contributed by atoms with Gasteiger partial charge in [0.25, 0.3) is 5.91 Å². The van der Waals surface area contributed by atoms with Crippen molar-refractivity contribution < 1.29 is 4.79 Å². The second-order valence-corrected chi connectivity index (χ2v) is 5.92. The van der Waals surface area contributed by atoms with Crippen molar-refractivity contribution >= 4 is 34.7 Å². The molecule has 22 heavy (non-hydrogen) atoms. The number of hydrogen-bond donors (Lipinski definition) is 1. The van der Waals surface area contributed by atoms with Crippen molar-refractivity contribution in [2.24, 2.45) is 0 Å². The Morgan fingerprint density at radius 3 is 2.73 bits per heavy atom. The number of amides is 1. The summed E-state index contributed by atoms with van der Waals surface area (Å²) >= 11 is 7.05. The highest BCUT2D eigenvalue weighted by atomic mass is 35.5. The summed E-state index contributed by atoms with van der Waals surface area (Å²) < 4.78 is 3.91. The van der Waals surface area contributed by atoms with Gasteiger partial charge in [-0.3, -0.25) is 4.79 Å². The minimum atomic E-state index is -0.237. The zero-order chi connectivity index (χ0) is 15.5. The maximum absolute atomic E-state index is 12.5. The maximum Gasteiger partial charge on any atom is 0.269 e. The molecule has 1 heterocycles. The van der Waals surface area contributed by atoms with Crippen LogP contribution in [0.1, 0.15) is 15.2 Å². The Morgan fingerprint density at radius 1 is 1.18 bits per heavy atom. The fourth-order valence-corrected chi connectivity index (χ4v) is 2.79. The molecule has 1 N–H and O–H groups in total. The van der Waals surface area contributed by atoms with Crippen LogP contribution in [0.2, 0.25) is 5.02 Å². The molecule has 0 aliphatic heterocycles. The number of aromatic nitrogens is 2. The van der Waals surface area contributed by atoms with Gasteiger partial charge < -0.3 is 5.32 Å². The van der Waals surface area contributed by atoms with E-state index in [9.17, 15) is 4.79 Å². The molecule has 110 valence electrons. The van der Waals surface area contributed by atoms with E-state index in [1.807, 2.05) is 43.3 Å². The van der Waals surface area contributed by atoms with Gasteiger partial charge in [-0.05, 0) is 36.2 Å². The smallest absolute Gasteiger partial charge is 0.269 e. The molecule has 0 radical (unpaired) electrons. The lowest BCUT2D eigenvalue weighted by atomic mass is 10.1. The Morgan fingerprint density at radius 2 is 1.95 bits per heavy atom. The second kappa shape index (κ2) is 6.25. The summed E-state index contributed by atoms with van der Waals surface area (Å²) in [6.45, 7) is 1.91. The third-order valence-corrected chi connectivity index (χ3v) is 4.15. The summed E-state index contributed by atoms with van der Waals surface area (Å²) in [5, 5.41) is 7.52. The van der Waals surface area contributed by atoms with Gasteiger partial charge in [0.2, 0.25) is 0 Å². The fraction of sp³-hybridized carbons (Fsp3) is 0.0625. The quantitative estimate of drug-likeness (QED) is 0.774. The van der Waals surface area contributed by atoms with E-state index in [1.54, 1.807) is 12.1 Å². The van der Waals surface area contributed by atoms with Gasteiger partial charge in [-0.1, -0.05) is 52.5 Å². The first-order chi connectivity index (χ1) is 10.6. The number of benzene rings is 2. The van der Waals surface area contributed by atoms with Gasteiger partial charge in [-0.2, -0.15) is 0 Å². The Labute approximate surface area is 136 Å². The molecule has 3 aromatic rings. The van der Waals surface area contributed by atoms with Crippen molar-refractivity contribution in [2.45, 2.75) is 6.92 Å². The molecule has 1 aromatic heterocycles. The predicted molar refractivity (Wildman–Crippen MR) is 89.5 cm³/mol. The van der Waals surface area contributed by atoms with Crippen LogP contribution in [0.15, 0.2) is 48.5 Å². The molecule has 0 bridgehead atoms. The minimum absolute atomic E-state index is 0.237. The number of nitrogens with one attached hydrogen (secondary N) is 1. The van der Waals surface area contributed by atoms with E-state index in [0.29, 0.717) is 21.3 Å². The van der Waals surface area contributed by atoms with E-state index < -0.39 is 0 Å². The van der Waals surface area contributed by atoms with Crippen molar-refractivity contribution in [3.8, 4) is 11.3 Å². The summed E-state index contributed by atoms with van der Waals surface area (Å²) in [5.41, 5.74) is 3.08. The van der Waals surface area contributed by atoms with Gasteiger partial charge in [-0.15, -0.1) is 5.10 Å². The topological polar surface area (TPSA) is 54.9 Å². The SMILES string of the molecule is Cc1ccc(Cl)cc1NC(=O)c1snnc1-c1ccccc1. The van der Waals surface area contributed by atoms with Crippen molar-refractivity contribution in [3.63, 3.8) is 0 Å². The van der Waals surface area contributed by atoms with Crippen LogP contribution in [0, 0.1) is 6.92 Å². The van der Waals surface area contributed by atoms with Gasteiger partial charge in [-0.25, -0.2) is 0 Å². The summed E-state index contributed by atoms with van der Waals surface area (Å²) in [6.07, 6.45) is 0. The molecule has 0 spiro atoms. The zero-order valence-electron chi connectivity index (χ0n) is 11.7. The van der Waals surface area contributed by atoms with Crippen LogP contribution in [0.5, 0.6) is 0 Å². The molecule has 0 aliphatic rings. The Kier molecular flexibility index (Phi) is 4.18. The van der Waals surface area contributed by atoms with E-state index in [2.05, 4.69) is 14.9 Å². The van der Waals surface area contributed by atoms with Crippen LogP contribution in [0.3, 0.4) is 0 Å². The molecule has 0 aliphatic carbocycles. The Bertz CT molecular complexity index is 817. The summed E-state index contributed by atoms with van der Waals surface area (Å²) in [7, 11) is 0. The number of aryl methyl sites for hydroxylation is 1. The van der Waals surface area contributed by atoms with E-state index in [0.717, 1.165) is 22.7 Å². The number of rotatable bonds is 3. The summed E-state index contributed by atoms with van der Waals surface area (Å²) in [6, 6.07) is 14.9. The average Bonchev–Trinajstić information content (AvgIpc) is 3.01. The number of hydrogen-bond acceptors (Lipinski definition) is 4. The van der Waals surface area contributed by atoms with Crippen LogP contribution in [0.4, 0.5) is 5.69 Å². The highest BCUT2D eigenvalue weighted by Gasteiger charge is 2.18. The van der Waals surface area contributed by atoms with Crippen molar-refractivity contribution in [1.82, 2.24) is 9.59 Å². The molecule has 6 heteroatoms. The number of halogens is 1. The van der Waals surface area contributed by atoms with Crippen molar-refractivity contribution in [3.05, 3.63) is 64.0 Å². The van der Waals surface area contributed by atoms with Gasteiger partial charge in [0.1, 0.15) is 10.6 Å². The minimum Gasteiger partial charge on any atom is -0.321 e. The van der Waals surface area contributed by atoms with Gasteiger partial charge in [0.15, 0.2) is 0 Å². The molecular formula is C16H12ClN3OS. The third kappa shape index (κ3) is 3.00. The number of anilines is 1. The van der Waals surface area contributed by atoms with Crippen molar-refractivity contribution in [1.29, 1.82) is 0 Å². The summed E-state index contributed by atoms with van der Waals surface area (Å²) in [5.74, 6) is -0.237. The van der Waals surface area contributed by atoms with E-state index in [4.69, 9.17) is 11.6 Å². The largest absolute Gasteiger partial charge is 0.321 e. The van der Waals surface area contributed by atoms with Crippen LogP contribution >= 0.6 is 23.1 Å². The molecule has 4 nitrogen and oxygen atoms in total. The highest BCUT2D eigenvalue weighted by molar-refractivity contribution is 7.08. The molecule has 0 fully saturated rings. The van der Waals surface area contributed by atoms with Crippen molar-refractivity contribution in [2.75, 3.05) is 5.32 Å². The molecular weight excluding hydrogens is 318 g/mol. The highest BCUT2D eigenvalue weighted by Crippen LogP contribution is 2.26. The van der Waals surface area contributed by atoms with E-state index in [-0.39, 0.29) is 5.91 Å². The number of nitrogens with zero attached hydrogens (tertiary/aromatic N) is 2. The second-order valence-electron chi connectivity index (χ2n) is 4.73. The lowest BCUT2D eigenvalue weighted by molar-refractivity contribution is 0.103. The van der Waals surface area contributed by atoms with Crippen LogP contribution < -0.4 is 5.32 Å². The van der Waals surface area contributed by atoms with Gasteiger partial charge >= 0.3 is 0 Å². The Balaban J connectivity index is 1.91. The van der Waals surface area contributed by atoms with E-state index in [1.165, 1.54) is 0 Å². The molecule has 0 saturated carbocycles. The van der Waals surface area contributed by atoms with Gasteiger partial charge in [0.05, 0.1) is 0 Å². The third-order valence-electron chi connectivity index (χ3n) is 3.19. The predicted octanol–water partition coefficient (Wildman–Crippen LogP) is 4.42. The zero-order valence-corrected chi connectivity index (χ0v) is 13.3. The molecule has 1 amide bonds. The first kappa shape index (κ1) is 14.7. The fourth-order valence-electron chi connectivity index (χ4n) is 2.03. The standard InChI is InChI=1S/C16H12ClN3OS/c1-10-7-8-12(17)9-13(10)18-16(21)15-14(19-20-22-15)11-5-3-2-4-6-11/h2-9H,1H3,(H,18,21). The monoisotopic (exact) mass is 329 g/mol. The average molecular weight is 330 g/mol. The number of carbonyl (C=O) groups is 1. The van der Waals surface area contributed by atoms with Crippen LogP contribution in [-0.4, -0.2) is 15.5 Å². The lowest BCUT2D eigenvalue weighted by Crippen LogP contribution is -2.12. The van der Waals surface area contributed by atoms with E-state index >= 15 is 0 Å². The molecule has 0 unspecified atom stereocenters. The Hall–Kier alpha value is -2.24. The molecule has 0 saturated heterocycles. The maximum atomic E-state index is 12.5. The first-order valence-corrected chi connectivity index (χ1v) is 7.75. The van der Waals surface area contributed by atoms with Crippen LogP contribution in [-0.2, 0) is 0 Å². The molecule has 2 aromatic carbocycles. The van der Waals surface area contributed by atoms with Gasteiger partial charge in [0, 0.05) is 16.3 Å². The number of carbonyl (C=O) groups excluding carboxylic acids is 1. The normalized spacial score (nSPS) is 10.5. The first-order valence-electron chi connectivity index (χ1n) is 6.60. The van der Waals surface area contributed by atoms with Crippen LogP contribution in [0.25, 0.3) is 11.3 Å². The molecule has 0 atom stereocenters. The lowest BCUT2D eigenvalue weighted by Gasteiger charge is -2.08.